The molecular weight excluding hydrogens is 462 g/mol. The maximum atomic E-state index is 12.9. The Labute approximate surface area is 209 Å². The smallest absolute Gasteiger partial charge is 0.408 e. The topological polar surface area (TPSA) is 126 Å². The summed E-state index contributed by atoms with van der Waals surface area (Å²) in [6.45, 7) is 5.53. The second-order valence-electron chi connectivity index (χ2n) is 9.31. The summed E-state index contributed by atoms with van der Waals surface area (Å²) >= 11 is 0. The van der Waals surface area contributed by atoms with Gasteiger partial charge in [-0.05, 0) is 48.2 Å². The van der Waals surface area contributed by atoms with E-state index in [1.807, 2.05) is 42.5 Å². The van der Waals surface area contributed by atoms with Crippen LogP contribution in [0.15, 0.2) is 66.7 Å². The van der Waals surface area contributed by atoms with Crippen LogP contribution in [0.5, 0.6) is 0 Å². The molecule has 0 aromatic heterocycles. The number of carboxylic acid groups (broad SMARTS) is 1. The van der Waals surface area contributed by atoms with Crippen molar-refractivity contribution in [1.29, 1.82) is 0 Å². The number of hydroxylamine groups is 1. The van der Waals surface area contributed by atoms with E-state index in [-0.39, 0.29) is 19.6 Å². The third kappa shape index (κ3) is 8.59. The van der Waals surface area contributed by atoms with Crippen molar-refractivity contribution in [3.05, 3.63) is 83.4 Å². The largest absolute Gasteiger partial charge is 0.465 e. The molecule has 3 aromatic rings. The molecule has 0 heterocycles. The highest BCUT2D eigenvalue weighted by atomic mass is 16.7. The molecule has 3 amide bonds. The van der Waals surface area contributed by atoms with Crippen LogP contribution in [0.1, 0.15) is 37.5 Å². The third-order valence-electron chi connectivity index (χ3n) is 5.14. The molecule has 0 aliphatic heterocycles. The molecule has 0 aliphatic carbocycles. The fraction of sp³-hybridized carbons (Fsp3) is 0.296. The van der Waals surface area contributed by atoms with Crippen LogP contribution in [0.4, 0.5) is 9.59 Å². The zero-order chi connectivity index (χ0) is 26.1. The molecule has 3 rings (SSSR count). The molecule has 0 radical (unpaired) electrons. The number of hydrogen-bond donors (Lipinski definition) is 4. The van der Waals surface area contributed by atoms with Gasteiger partial charge in [-0.3, -0.25) is 9.63 Å². The van der Waals surface area contributed by atoms with Crippen LogP contribution < -0.4 is 16.1 Å². The number of alkyl carbamates (subject to hydrolysis) is 1. The molecule has 0 bridgehead atoms. The Morgan fingerprint density at radius 3 is 2.19 bits per heavy atom. The lowest BCUT2D eigenvalue weighted by Crippen LogP contribution is -2.49. The summed E-state index contributed by atoms with van der Waals surface area (Å²) in [6, 6.07) is 19.9. The zero-order valence-electron chi connectivity index (χ0n) is 20.5. The Morgan fingerprint density at radius 1 is 0.889 bits per heavy atom. The summed E-state index contributed by atoms with van der Waals surface area (Å²) in [5.74, 6) is -0.517. The Morgan fingerprint density at radius 2 is 1.53 bits per heavy atom. The van der Waals surface area contributed by atoms with E-state index in [0.717, 1.165) is 27.5 Å². The summed E-state index contributed by atoms with van der Waals surface area (Å²) in [6.07, 6.45) is -1.55. The minimum absolute atomic E-state index is 0.0908. The van der Waals surface area contributed by atoms with Crippen molar-refractivity contribution < 1.29 is 29.1 Å². The van der Waals surface area contributed by atoms with Crippen LogP contribution in [-0.4, -0.2) is 34.8 Å². The minimum Gasteiger partial charge on any atom is -0.465 e. The molecule has 36 heavy (non-hydrogen) atoms. The average Bonchev–Trinajstić information content (AvgIpc) is 2.81. The highest BCUT2D eigenvalue weighted by molar-refractivity contribution is 5.86. The van der Waals surface area contributed by atoms with Crippen LogP contribution >= 0.6 is 0 Å². The summed E-state index contributed by atoms with van der Waals surface area (Å²) in [5.41, 5.74) is 4.14. The highest BCUT2D eigenvalue weighted by Gasteiger charge is 2.25. The number of amides is 3. The molecule has 3 aromatic carbocycles. The van der Waals surface area contributed by atoms with Gasteiger partial charge in [0, 0.05) is 13.0 Å². The predicted molar refractivity (Wildman–Crippen MR) is 135 cm³/mol. The van der Waals surface area contributed by atoms with Crippen LogP contribution in [0.3, 0.4) is 0 Å². The lowest BCUT2D eigenvalue weighted by Gasteiger charge is -2.23. The van der Waals surface area contributed by atoms with E-state index in [0.29, 0.717) is 0 Å². The molecule has 0 spiro atoms. The zero-order valence-corrected chi connectivity index (χ0v) is 20.5. The highest BCUT2D eigenvalue weighted by Crippen LogP contribution is 2.17. The quantitative estimate of drug-likeness (QED) is 0.330. The Hall–Kier alpha value is -4.11. The Bertz CT molecular complexity index is 1200. The van der Waals surface area contributed by atoms with Crippen LogP contribution in [0, 0.1) is 0 Å². The molecule has 0 saturated heterocycles. The molecule has 4 N–H and O–H groups in total. The van der Waals surface area contributed by atoms with E-state index in [1.165, 1.54) is 0 Å². The summed E-state index contributed by atoms with van der Waals surface area (Å²) in [5, 5.41) is 15.7. The fourth-order valence-corrected chi connectivity index (χ4v) is 3.45. The van der Waals surface area contributed by atoms with Gasteiger partial charge in [-0.25, -0.2) is 15.1 Å². The monoisotopic (exact) mass is 493 g/mol. The van der Waals surface area contributed by atoms with Crippen molar-refractivity contribution >= 4 is 28.9 Å². The van der Waals surface area contributed by atoms with Crippen molar-refractivity contribution in [2.45, 2.75) is 52.0 Å². The molecule has 0 saturated carbocycles. The number of fused-ring (bicyclic) bond motifs is 1. The SMILES string of the molecule is CC(C)(C)OC(=O)NC(Cc1ccc2ccccc2c1)C(=O)NOCc1ccc(CNC(=O)O)cc1. The third-order valence-corrected chi connectivity index (χ3v) is 5.14. The number of ether oxygens (including phenoxy) is 1. The summed E-state index contributed by atoms with van der Waals surface area (Å²) < 4.78 is 5.33. The van der Waals surface area contributed by atoms with Crippen LogP contribution in [0.2, 0.25) is 0 Å². The van der Waals surface area contributed by atoms with Crippen molar-refractivity contribution in [2.75, 3.05) is 0 Å². The molecule has 0 fully saturated rings. The molecule has 9 nitrogen and oxygen atoms in total. The molecule has 1 atom stereocenters. The molecule has 1 unspecified atom stereocenters. The standard InChI is InChI=1S/C27H31N3O6/c1-27(2,3)36-26(34)29-23(15-20-12-13-21-6-4-5-7-22(21)14-20)24(31)30-35-17-19-10-8-18(9-11-19)16-28-25(32)33/h4-14,23,28H,15-17H2,1-3H3,(H,29,34)(H,30,31)(H,32,33). The normalized spacial score (nSPS) is 12.0. The lowest BCUT2D eigenvalue weighted by molar-refractivity contribution is -0.136. The van der Waals surface area contributed by atoms with E-state index in [1.54, 1.807) is 45.0 Å². The van der Waals surface area contributed by atoms with E-state index in [9.17, 15) is 14.4 Å². The number of carbonyl (C=O) groups excluding carboxylic acids is 2. The Kier molecular flexibility index (Phi) is 8.86. The van der Waals surface area contributed by atoms with Gasteiger partial charge in [0.15, 0.2) is 0 Å². The average molecular weight is 494 g/mol. The Balaban J connectivity index is 1.62. The predicted octanol–water partition coefficient (Wildman–Crippen LogP) is 4.29. The number of hydrogen-bond acceptors (Lipinski definition) is 5. The van der Waals surface area contributed by atoms with Gasteiger partial charge >= 0.3 is 12.2 Å². The first-order chi connectivity index (χ1) is 17.1. The van der Waals surface area contributed by atoms with Gasteiger partial charge in [0.25, 0.3) is 5.91 Å². The lowest BCUT2D eigenvalue weighted by atomic mass is 10.0. The van der Waals surface area contributed by atoms with Gasteiger partial charge in [0.1, 0.15) is 11.6 Å². The number of benzene rings is 3. The first kappa shape index (κ1) is 26.5. The van der Waals surface area contributed by atoms with Gasteiger partial charge in [-0.2, -0.15) is 0 Å². The van der Waals surface area contributed by atoms with E-state index in [2.05, 4.69) is 16.1 Å². The van der Waals surface area contributed by atoms with Gasteiger partial charge in [-0.1, -0.05) is 66.7 Å². The van der Waals surface area contributed by atoms with Gasteiger partial charge < -0.3 is 20.5 Å². The van der Waals surface area contributed by atoms with Crippen molar-refractivity contribution in [3.8, 4) is 0 Å². The van der Waals surface area contributed by atoms with Gasteiger partial charge in [-0.15, -0.1) is 0 Å². The minimum atomic E-state index is -1.09. The van der Waals surface area contributed by atoms with E-state index >= 15 is 0 Å². The first-order valence-electron chi connectivity index (χ1n) is 11.5. The van der Waals surface area contributed by atoms with Crippen molar-refractivity contribution in [1.82, 2.24) is 16.1 Å². The maximum absolute atomic E-state index is 12.9. The molecule has 0 aliphatic rings. The van der Waals surface area contributed by atoms with E-state index in [4.69, 9.17) is 14.7 Å². The van der Waals surface area contributed by atoms with Gasteiger partial charge in [0.2, 0.25) is 0 Å². The van der Waals surface area contributed by atoms with E-state index < -0.39 is 29.7 Å². The van der Waals surface area contributed by atoms with Crippen LogP contribution in [0.25, 0.3) is 10.8 Å². The van der Waals surface area contributed by atoms with Crippen LogP contribution in [-0.2, 0) is 33.9 Å². The van der Waals surface area contributed by atoms with Gasteiger partial charge in [0.05, 0.1) is 6.61 Å². The molecular formula is C27H31N3O6. The van der Waals surface area contributed by atoms with Crippen molar-refractivity contribution in [3.63, 3.8) is 0 Å². The second-order valence-corrected chi connectivity index (χ2v) is 9.31. The summed E-state index contributed by atoms with van der Waals surface area (Å²) in [7, 11) is 0. The first-order valence-corrected chi connectivity index (χ1v) is 11.5. The number of nitrogens with one attached hydrogen (secondary N) is 3. The number of carbonyl (C=O) groups is 3. The number of rotatable bonds is 9. The van der Waals surface area contributed by atoms with Crippen molar-refractivity contribution in [2.24, 2.45) is 0 Å². The maximum Gasteiger partial charge on any atom is 0.408 e. The second kappa shape index (κ2) is 12.0. The molecule has 190 valence electrons. The molecule has 9 heteroatoms. The fourth-order valence-electron chi connectivity index (χ4n) is 3.45. The summed E-state index contributed by atoms with van der Waals surface area (Å²) in [4.78, 5) is 41.3.